The first-order chi connectivity index (χ1) is 13.3. The molecule has 0 bridgehead atoms. The number of hydrogen-bond donors (Lipinski definition) is 0. The highest BCUT2D eigenvalue weighted by molar-refractivity contribution is 7.90. The molecule has 0 fully saturated rings. The van der Waals surface area contributed by atoms with Gasteiger partial charge in [-0.15, -0.1) is 0 Å². The molecule has 1 aliphatic rings. The Morgan fingerprint density at radius 3 is 2.07 bits per heavy atom. The van der Waals surface area contributed by atoms with E-state index in [0.717, 1.165) is 25.5 Å². The quantitative estimate of drug-likeness (QED) is 0.542. The summed E-state index contributed by atoms with van der Waals surface area (Å²) in [6, 6.07) is 6.89. The Bertz CT molecular complexity index is 901. The maximum atomic E-state index is 13.6. The van der Waals surface area contributed by atoms with Gasteiger partial charge in [-0.3, -0.25) is 4.79 Å². The van der Waals surface area contributed by atoms with E-state index in [9.17, 15) is 21.6 Å². The van der Waals surface area contributed by atoms with Gasteiger partial charge in [0.1, 0.15) is 31.5 Å². The number of benzene rings is 1. The van der Waals surface area contributed by atoms with Crippen LogP contribution in [0, 0.1) is 5.41 Å². The van der Waals surface area contributed by atoms with E-state index in [0.29, 0.717) is 17.7 Å². The van der Waals surface area contributed by atoms with Gasteiger partial charge in [0.25, 0.3) is 0 Å². The first-order valence-corrected chi connectivity index (χ1v) is 13.8. The third kappa shape index (κ3) is 6.52. The van der Waals surface area contributed by atoms with Crippen LogP contribution in [0.3, 0.4) is 0 Å². The zero-order valence-electron chi connectivity index (χ0n) is 17.5. The Morgan fingerprint density at radius 1 is 1.00 bits per heavy atom. The van der Waals surface area contributed by atoms with Gasteiger partial charge in [0.15, 0.2) is 5.78 Å². The van der Waals surface area contributed by atoms with Gasteiger partial charge in [0.05, 0.1) is 22.5 Å². The monoisotopic (exact) mass is 445 g/mol. The molecule has 1 atom stereocenters. The van der Waals surface area contributed by atoms with Crippen LogP contribution in [-0.2, 0) is 19.7 Å². The molecule has 0 radical (unpaired) electrons. The fourth-order valence-corrected chi connectivity index (χ4v) is 5.24. The predicted molar refractivity (Wildman–Crippen MR) is 114 cm³/mol. The van der Waals surface area contributed by atoms with Crippen molar-refractivity contribution in [1.29, 1.82) is 0 Å². The first kappa shape index (κ1) is 23.8. The van der Waals surface area contributed by atoms with Crippen molar-refractivity contribution < 1.29 is 26.4 Å². The molecule has 1 aliphatic heterocycles. The molecule has 0 amide bonds. The summed E-state index contributed by atoms with van der Waals surface area (Å²) in [5.74, 6) is -0.139. The number of ketones is 1. The van der Waals surface area contributed by atoms with Crippen LogP contribution in [0.2, 0.25) is 0 Å². The number of sulfone groups is 2. The molecular formula is C20H31NO6S2. The number of fused-ring (bicyclic) bond motifs is 1. The second kappa shape index (κ2) is 9.14. The minimum Gasteiger partial charge on any atom is -0.489 e. The maximum Gasteiger partial charge on any atom is 0.176 e. The number of hydrogen-bond acceptors (Lipinski definition) is 7. The lowest BCUT2D eigenvalue weighted by molar-refractivity contribution is 0.0170. The van der Waals surface area contributed by atoms with E-state index >= 15 is 0 Å². The fourth-order valence-electron chi connectivity index (χ4n) is 3.77. The van der Waals surface area contributed by atoms with Gasteiger partial charge in [-0.1, -0.05) is 12.1 Å². The van der Waals surface area contributed by atoms with Crippen molar-refractivity contribution in [3.63, 3.8) is 0 Å². The summed E-state index contributed by atoms with van der Waals surface area (Å²) < 4.78 is 53.8. The molecule has 1 unspecified atom stereocenters. The average molecular weight is 446 g/mol. The molecule has 1 aromatic carbocycles. The summed E-state index contributed by atoms with van der Waals surface area (Å²) in [6.07, 6.45) is 3.04. The second-order valence-corrected chi connectivity index (χ2v) is 12.8. The van der Waals surface area contributed by atoms with E-state index in [1.807, 2.05) is 19.0 Å². The number of para-hydroxylation sites is 1. The van der Waals surface area contributed by atoms with Gasteiger partial charge in [-0.25, -0.2) is 16.8 Å². The predicted octanol–water partition coefficient (Wildman–Crippen LogP) is 1.83. The molecule has 164 valence electrons. The summed E-state index contributed by atoms with van der Waals surface area (Å²) in [7, 11) is -2.78. The van der Waals surface area contributed by atoms with Crippen molar-refractivity contribution >= 4 is 25.5 Å². The van der Waals surface area contributed by atoms with Crippen molar-refractivity contribution in [2.75, 3.05) is 44.7 Å². The fraction of sp³-hybridized carbons (Fsp3) is 0.650. The average Bonchev–Trinajstić information content (AvgIpc) is 2.59. The zero-order chi connectivity index (χ0) is 21.9. The van der Waals surface area contributed by atoms with Crippen LogP contribution >= 0.6 is 0 Å². The summed E-state index contributed by atoms with van der Waals surface area (Å²) in [4.78, 5) is 15.6. The molecule has 0 aromatic heterocycles. The molecule has 1 aromatic rings. The van der Waals surface area contributed by atoms with E-state index in [1.165, 1.54) is 0 Å². The second-order valence-electron chi connectivity index (χ2n) is 8.29. The molecule has 29 heavy (non-hydrogen) atoms. The van der Waals surface area contributed by atoms with Crippen molar-refractivity contribution in [3.8, 4) is 5.75 Å². The standard InChI is InChI=1S/C20H31NO6S2/c1-21(2)13-7-10-18-20(11-14-28(3,23)24,12-15-29(4,25)26)19(22)16-8-5-6-9-17(16)27-18/h5-6,8-9,18H,7,10-15H2,1-4H3. The lowest BCUT2D eigenvalue weighted by Gasteiger charge is -2.43. The van der Waals surface area contributed by atoms with Gasteiger partial charge in [-0.05, 0) is 58.5 Å². The molecule has 2 rings (SSSR count). The van der Waals surface area contributed by atoms with Gasteiger partial charge in [-0.2, -0.15) is 0 Å². The van der Waals surface area contributed by atoms with E-state index in [-0.39, 0.29) is 30.1 Å². The van der Waals surface area contributed by atoms with Crippen LogP contribution in [0.1, 0.15) is 36.0 Å². The Kier molecular flexibility index (Phi) is 7.51. The van der Waals surface area contributed by atoms with E-state index in [1.54, 1.807) is 24.3 Å². The Morgan fingerprint density at radius 2 is 1.55 bits per heavy atom. The number of rotatable bonds is 10. The molecule has 7 nitrogen and oxygen atoms in total. The number of carbonyl (C=O) groups is 1. The highest BCUT2D eigenvalue weighted by atomic mass is 32.2. The van der Waals surface area contributed by atoms with Crippen LogP contribution in [-0.4, -0.2) is 78.3 Å². The minimum atomic E-state index is -3.34. The lowest BCUT2D eigenvalue weighted by atomic mass is 9.68. The van der Waals surface area contributed by atoms with Gasteiger partial charge in [0, 0.05) is 12.5 Å². The van der Waals surface area contributed by atoms with E-state index < -0.39 is 31.2 Å². The summed E-state index contributed by atoms with van der Waals surface area (Å²) in [5.41, 5.74) is -0.800. The third-order valence-electron chi connectivity index (χ3n) is 5.38. The number of carbonyl (C=O) groups excluding carboxylic acids is 1. The largest absolute Gasteiger partial charge is 0.489 e. The van der Waals surface area contributed by atoms with Crippen LogP contribution in [0.5, 0.6) is 5.75 Å². The number of nitrogens with zero attached hydrogens (tertiary/aromatic N) is 1. The summed E-state index contributed by atoms with van der Waals surface area (Å²) in [6.45, 7) is 0.782. The maximum absolute atomic E-state index is 13.6. The van der Waals surface area contributed by atoms with Gasteiger partial charge in [0.2, 0.25) is 0 Å². The highest BCUT2D eigenvalue weighted by Crippen LogP contribution is 2.45. The summed E-state index contributed by atoms with van der Waals surface area (Å²) >= 11 is 0. The Hall–Kier alpha value is -1.45. The van der Waals surface area contributed by atoms with E-state index in [4.69, 9.17) is 4.74 Å². The molecule has 1 heterocycles. The lowest BCUT2D eigenvalue weighted by Crippen LogP contribution is -2.51. The van der Waals surface area contributed by atoms with Crippen LogP contribution in [0.4, 0.5) is 0 Å². The topological polar surface area (TPSA) is 97.8 Å². The SMILES string of the molecule is CN(C)CCCC1Oc2ccccc2C(=O)C1(CCS(C)(=O)=O)CCS(C)(=O)=O. The molecule has 0 saturated carbocycles. The van der Waals surface area contributed by atoms with Crippen LogP contribution in [0.15, 0.2) is 24.3 Å². The Labute approximate surface area is 174 Å². The number of ether oxygens (including phenoxy) is 1. The molecule has 0 aliphatic carbocycles. The Balaban J connectivity index is 2.48. The first-order valence-electron chi connectivity index (χ1n) is 9.65. The molecule has 0 spiro atoms. The zero-order valence-corrected chi connectivity index (χ0v) is 19.2. The van der Waals surface area contributed by atoms with Gasteiger partial charge >= 0.3 is 0 Å². The molecule has 0 saturated heterocycles. The normalized spacial score (nSPS) is 19.1. The smallest absolute Gasteiger partial charge is 0.176 e. The van der Waals surface area contributed by atoms with Crippen molar-refractivity contribution in [1.82, 2.24) is 4.90 Å². The third-order valence-corrected chi connectivity index (χ3v) is 7.27. The van der Waals surface area contributed by atoms with Gasteiger partial charge < -0.3 is 9.64 Å². The van der Waals surface area contributed by atoms with Crippen LogP contribution < -0.4 is 4.74 Å². The van der Waals surface area contributed by atoms with Crippen molar-refractivity contribution in [2.24, 2.45) is 5.41 Å². The molecule has 9 heteroatoms. The van der Waals surface area contributed by atoms with Crippen LogP contribution in [0.25, 0.3) is 0 Å². The van der Waals surface area contributed by atoms with Crippen molar-refractivity contribution in [3.05, 3.63) is 29.8 Å². The molecular weight excluding hydrogens is 414 g/mol. The molecule has 0 N–H and O–H groups in total. The van der Waals surface area contributed by atoms with Crippen molar-refractivity contribution in [2.45, 2.75) is 31.8 Å². The highest BCUT2D eigenvalue weighted by Gasteiger charge is 2.51. The minimum absolute atomic E-state index is 0.0428. The van der Waals surface area contributed by atoms with E-state index in [2.05, 4.69) is 0 Å². The summed E-state index contributed by atoms with van der Waals surface area (Å²) in [5, 5.41) is 0. The number of Topliss-reactive ketones (excluding diaryl/α,β-unsaturated/α-hetero) is 1.